The second-order valence-electron chi connectivity index (χ2n) is 5.17. The average molecular weight is 346 g/mol. The van der Waals surface area contributed by atoms with Crippen LogP contribution in [0.2, 0.25) is 0 Å². The maximum atomic E-state index is 13.1. The normalized spacial score (nSPS) is 19.2. The molecule has 7 nitrogen and oxygen atoms in total. The van der Waals surface area contributed by atoms with E-state index >= 15 is 0 Å². The lowest BCUT2D eigenvalue weighted by Crippen LogP contribution is -2.58. The molecule has 0 radical (unpaired) electrons. The number of halogens is 3. The van der Waals surface area contributed by atoms with Gasteiger partial charge in [-0.25, -0.2) is 8.42 Å². The van der Waals surface area contributed by atoms with E-state index in [1.165, 1.54) is 11.9 Å². The van der Waals surface area contributed by atoms with Gasteiger partial charge in [-0.05, 0) is 0 Å². The van der Waals surface area contributed by atoms with Crippen molar-refractivity contribution in [2.24, 2.45) is 0 Å². The summed E-state index contributed by atoms with van der Waals surface area (Å²) in [5, 5.41) is 5.12. The molecule has 0 aromatic heterocycles. The van der Waals surface area contributed by atoms with Crippen molar-refractivity contribution in [2.75, 3.05) is 52.6 Å². The zero-order valence-corrected chi connectivity index (χ0v) is 13.3. The number of hydrogen-bond donors (Lipinski definition) is 2. The van der Waals surface area contributed by atoms with Crippen molar-refractivity contribution < 1.29 is 26.4 Å². The highest BCUT2D eigenvalue weighted by molar-refractivity contribution is 7.88. The summed E-state index contributed by atoms with van der Waals surface area (Å²) in [4.78, 5) is 12.9. The summed E-state index contributed by atoms with van der Waals surface area (Å²) in [6, 6.07) is -1.78. The van der Waals surface area contributed by atoms with E-state index in [-0.39, 0.29) is 13.1 Å². The van der Waals surface area contributed by atoms with Gasteiger partial charge in [0.05, 0.1) is 12.8 Å². The van der Waals surface area contributed by atoms with Gasteiger partial charge in [0.15, 0.2) is 0 Å². The van der Waals surface area contributed by atoms with Crippen LogP contribution in [0, 0.1) is 0 Å². The van der Waals surface area contributed by atoms with Crippen LogP contribution in [-0.2, 0) is 14.8 Å². The summed E-state index contributed by atoms with van der Waals surface area (Å²) in [7, 11) is -2.37. The lowest BCUT2D eigenvalue weighted by molar-refractivity contribution is -0.184. The molecule has 1 rings (SSSR count). The molecule has 130 valence electrons. The van der Waals surface area contributed by atoms with Crippen LogP contribution >= 0.6 is 0 Å². The van der Waals surface area contributed by atoms with Gasteiger partial charge in [0, 0.05) is 39.8 Å². The molecule has 0 aliphatic carbocycles. The number of nitrogens with zero attached hydrogens (tertiary/aromatic N) is 2. The Bertz CT molecular complexity index is 477. The van der Waals surface area contributed by atoms with Crippen LogP contribution in [0.4, 0.5) is 13.2 Å². The SMILES string of the molecule is CN(CC(=O)NCC(N1CCNCC1)C(F)(F)F)S(C)(=O)=O. The number of piperazine rings is 1. The van der Waals surface area contributed by atoms with E-state index in [0.29, 0.717) is 13.1 Å². The van der Waals surface area contributed by atoms with Gasteiger partial charge < -0.3 is 10.6 Å². The van der Waals surface area contributed by atoms with Crippen molar-refractivity contribution >= 4 is 15.9 Å². The zero-order valence-electron chi connectivity index (χ0n) is 12.5. The third-order valence-electron chi connectivity index (χ3n) is 3.40. The van der Waals surface area contributed by atoms with Gasteiger partial charge in [-0.3, -0.25) is 9.69 Å². The molecule has 0 saturated carbocycles. The van der Waals surface area contributed by atoms with Gasteiger partial charge in [-0.15, -0.1) is 0 Å². The highest BCUT2D eigenvalue weighted by Gasteiger charge is 2.43. The van der Waals surface area contributed by atoms with E-state index in [9.17, 15) is 26.4 Å². The van der Waals surface area contributed by atoms with Crippen molar-refractivity contribution in [3.8, 4) is 0 Å². The first kappa shape index (κ1) is 19.1. The fourth-order valence-corrected chi connectivity index (χ4v) is 2.38. The Morgan fingerprint density at radius 3 is 2.36 bits per heavy atom. The van der Waals surface area contributed by atoms with Gasteiger partial charge in [0.2, 0.25) is 15.9 Å². The molecule has 1 atom stereocenters. The summed E-state index contributed by atoms with van der Waals surface area (Å²) in [5.74, 6) is -0.766. The Labute approximate surface area is 127 Å². The Balaban J connectivity index is 2.58. The average Bonchev–Trinajstić information content (AvgIpc) is 2.37. The summed E-state index contributed by atoms with van der Waals surface area (Å²) in [5.41, 5.74) is 0. The fourth-order valence-electron chi connectivity index (χ4n) is 2.03. The highest BCUT2D eigenvalue weighted by atomic mass is 32.2. The third-order valence-corrected chi connectivity index (χ3v) is 4.66. The molecule has 0 aromatic carbocycles. The Morgan fingerprint density at radius 1 is 1.36 bits per heavy atom. The lowest BCUT2D eigenvalue weighted by atomic mass is 10.2. The fraction of sp³-hybridized carbons (Fsp3) is 0.909. The Morgan fingerprint density at radius 2 is 1.91 bits per heavy atom. The summed E-state index contributed by atoms with van der Waals surface area (Å²) >= 11 is 0. The lowest BCUT2D eigenvalue weighted by Gasteiger charge is -2.36. The molecule has 1 saturated heterocycles. The molecule has 1 fully saturated rings. The van der Waals surface area contributed by atoms with Crippen molar-refractivity contribution in [1.82, 2.24) is 19.8 Å². The number of sulfonamides is 1. The maximum Gasteiger partial charge on any atom is 0.405 e. The number of hydrogen-bond acceptors (Lipinski definition) is 5. The second-order valence-corrected chi connectivity index (χ2v) is 7.26. The van der Waals surface area contributed by atoms with E-state index in [2.05, 4.69) is 10.6 Å². The van der Waals surface area contributed by atoms with E-state index in [1.807, 2.05) is 0 Å². The monoisotopic (exact) mass is 346 g/mol. The van der Waals surface area contributed by atoms with Crippen molar-refractivity contribution in [3.63, 3.8) is 0 Å². The molecule has 22 heavy (non-hydrogen) atoms. The standard InChI is InChI=1S/C11H21F3N4O3S/c1-17(22(2,20)21)8-10(19)16-7-9(11(12,13)14)18-5-3-15-4-6-18/h9,15H,3-8H2,1-2H3,(H,16,19). The van der Waals surface area contributed by atoms with Gasteiger partial charge >= 0.3 is 6.18 Å². The number of carbonyl (C=O) groups is 1. The van der Waals surface area contributed by atoms with E-state index in [4.69, 9.17) is 0 Å². The van der Waals surface area contributed by atoms with Gasteiger partial charge in [-0.1, -0.05) is 0 Å². The van der Waals surface area contributed by atoms with Gasteiger partial charge in [0.1, 0.15) is 6.04 Å². The minimum Gasteiger partial charge on any atom is -0.353 e. The van der Waals surface area contributed by atoms with Crippen LogP contribution in [0.3, 0.4) is 0 Å². The van der Waals surface area contributed by atoms with E-state index in [0.717, 1.165) is 10.6 Å². The predicted octanol–water partition coefficient (Wildman–Crippen LogP) is -1.17. The molecular weight excluding hydrogens is 325 g/mol. The smallest absolute Gasteiger partial charge is 0.353 e. The van der Waals surface area contributed by atoms with Crippen LogP contribution in [0.15, 0.2) is 0 Å². The topological polar surface area (TPSA) is 81.8 Å². The molecule has 2 N–H and O–H groups in total. The van der Waals surface area contributed by atoms with Crippen LogP contribution in [0.5, 0.6) is 0 Å². The quantitative estimate of drug-likeness (QED) is 0.633. The number of likely N-dealkylation sites (N-methyl/N-ethyl adjacent to an activating group) is 1. The van der Waals surface area contributed by atoms with Crippen molar-refractivity contribution in [1.29, 1.82) is 0 Å². The predicted molar refractivity (Wildman–Crippen MR) is 74.8 cm³/mol. The van der Waals surface area contributed by atoms with Gasteiger partial charge in [0.25, 0.3) is 0 Å². The number of nitrogens with one attached hydrogen (secondary N) is 2. The first-order valence-corrected chi connectivity index (χ1v) is 8.56. The molecule has 0 spiro atoms. The molecule has 0 aromatic rings. The number of rotatable bonds is 6. The van der Waals surface area contributed by atoms with Gasteiger partial charge in [-0.2, -0.15) is 17.5 Å². The van der Waals surface area contributed by atoms with Crippen LogP contribution in [0.1, 0.15) is 0 Å². The number of carbonyl (C=O) groups excluding carboxylic acids is 1. The molecular formula is C11H21F3N4O3S. The van der Waals surface area contributed by atoms with E-state index < -0.39 is 41.2 Å². The minimum atomic E-state index is -4.46. The molecule has 1 heterocycles. The van der Waals surface area contributed by atoms with Crippen LogP contribution in [0.25, 0.3) is 0 Å². The highest BCUT2D eigenvalue weighted by Crippen LogP contribution is 2.24. The molecule has 1 aliphatic heterocycles. The summed E-state index contributed by atoms with van der Waals surface area (Å²) in [6.45, 7) is 0.284. The minimum absolute atomic E-state index is 0.239. The number of alkyl halides is 3. The molecule has 1 unspecified atom stereocenters. The van der Waals surface area contributed by atoms with Crippen LogP contribution < -0.4 is 10.6 Å². The largest absolute Gasteiger partial charge is 0.405 e. The van der Waals surface area contributed by atoms with Crippen LogP contribution in [-0.4, -0.2) is 88.3 Å². The molecule has 11 heteroatoms. The molecule has 0 bridgehead atoms. The summed E-state index contributed by atoms with van der Waals surface area (Å²) in [6.07, 6.45) is -3.55. The first-order valence-electron chi connectivity index (χ1n) is 6.71. The molecule has 1 aliphatic rings. The Hall–Kier alpha value is -0.910. The first-order chi connectivity index (χ1) is 10.0. The zero-order chi connectivity index (χ0) is 17.0. The van der Waals surface area contributed by atoms with E-state index in [1.54, 1.807) is 0 Å². The van der Waals surface area contributed by atoms with Crippen molar-refractivity contribution in [2.45, 2.75) is 12.2 Å². The molecule has 1 amide bonds. The third kappa shape index (κ3) is 6.07. The maximum absolute atomic E-state index is 13.1. The summed E-state index contributed by atoms with van der Waals surface area (Å²) < 4.78 is 62.4. The number of amides is 1. The van der Waals surface area contributed by atoms with Crippen molar-refractivity contribution in [3.05, 3.63) is 0 Å². The second kappa shape index (κ2) is 7.57. The Kier molecular flexibility index (Phi) is 6.59.